The van der Waals surface area contributed by atoms with Gasteiger partial charge in [-0.15, -0.1) is 0 Å². The molecule has 2 aromatic rings. The molecular formula is C16H19FN2O2. The largest absolute Gasteiger partial charge is 0.396 e. The monoisotopic (exact) mass is 290 g/mol. The molecule has 1 aromatic heterocycles. The van der Waals surface area contributed by atoms with Crippen LogP contribution in [0.3, 0.4) is 0 Å². The predicted molar refractivity (Wildman–Crippen MR) is 78.9 cm³/mol. The van der Waals surface area contributed by atoms with Gasteiger partial charge in [-0.05, 0) is 42.7 Å². The van der Waals surface area contributed by atoms with Crippen molar-refractivity contribution in [1.82, 2.24) is 9.88 Å². The molecule has 0 saturated heterocycles. The lowest BCUT2D eigenvalue weighted by molar-refractivity contribution is 0.0945. The van der Waals surface area contributed by atoms with Gasteiger partial charge < -0.3 is 15.0 Å². The Morgan fingerprint density at radius 1 is 1.38 bits per heavy atom. The van der Waals surface area contributed by atoms with Crippen LogP contribution in [0.15, 0.2) is 42.7 Å². The second-order valence-electron chi connectivity index (χ2n) is 5.08. The van der Waals surface area contributed by atoms with E-state index in [2.05, 4.69) is 5.32 Å². The number of nitrogens with one attached hydrogen (secondary N) is 1. The van der Waals surface area contributed by atoms with Crippen molar-refractivity contribution < 1.29 is 14.3 Å². The van der Waals surface area contributed by atoms with E-state index in [0.717, 1.165) is 0 Å². The third-order valence-electron chi connectivity index (χ3n) is 3.33. The van der Waals surface area contributed by atoms with E-state index in [4.69, 9.17) is 5.11 Å². The Balaban J connectivity index is 2.04. The Morgan fingerprint density at radius 3 is 2.71 bits per heavy atom. The fraction of sp³-hybridized carbons (Fsp3) is 0.312. The van der Waals surface area contributed by atoms with Crippen molar-refractivity contribution in [3.8, 4) is 5.69 Å². The highest BCUT2D eigenvalue weighted by molar-refractivity contribution is 5.94. The summed E-state index contributed by atoms with van der Waals surface area (Å²) in [6, 6.07) is 8.04. The van der Waals surface area contributed by atoms with E-state index in [-0.39, 0.29) is 18.4 Å². The molecule has 4 nitrogen and oxygen atoms in total. The second kappa shape index (κ2) is 7.04. The summed E-state index contributed by atoms with van der Waals surface area (Å²) >= 11 is 0. The fourth-order valence-electron chi connectivity index (χ4n) is 2.04. The maximum absolute atomic E-state index is 14.1. The van der Waals surface area contributed by atoms with Gasteiger partial charge in [0.05, 0.1) is 5.69 Å². The number of halogens is 1. The second-order valence-corrected chi connectivity index (χ2v) is 5.08. The van der Waals surface area contributed by atoms with Crippen molar-refractivity contribution in [1.29, 1.82) is 0 Å². The van der Waals surface area contributed by atoms with Crippen molar-refractivity contribution >= 4 is 5.91 Å². The zero-order chi connectivity index (χ0) is 15.2. The van der Waals surface area contributed by atoms with Crippen LogP contribution in [0, 0.1) is 11.7 Å². The molecule has 0 aliphatic carbocycles. The molecule has 5 heteroatoms. The van der Waals surface area contributed by atoms with Gasteiger partial charge in [0, 0.05) is 31.1 Å². The Bertz CT molecular complexity index is 596. The first-order chi connectivity index (χ1) is 10.1. The molecule has 2 N–H and O–H groups in total. The Labute approximate surface area is 123 Å². The number of rotatable bonds is 6. The average Bonchev–Trinajstić information content (AvgIpc) is 2.99. The van der Waals surface area contributed by atoms with E-state index in [1.807, 2.05) is 19.1 Å². The number of carbonyl (C=O) groups is 1. The van der Waals surface area contributed by atoms with E-state index in [1.54, 1.807) is 29.1 Å². The molecule has 1 heterocycles. The summed E-state index contributed by atoms with van der Waals surface area (Å²) in [5.74, 6) is -0.567. The molecule has 0 fully saturated rings. The zero-order valence-corrected chi connectivity index (χ0v) is 11.9. The standard InChI is InChI=1S/C16H19FN2O2/c1-12(6-9-20)11-18-16(21)13-4-5-15(14(17)10-13)19-7-2-3-8-19/h2-5,7-8,10,12,20H,6,9,11H2,1H3,(H,18,21). The molecule has 112 valence electrons. The number of aromatic nitrogens is 1. The molecular weight excluding hydrogens is 271 g/mol. The van der Waals surface area contributed by atoms with Crippen molar-refractivity contribution in [2.45, 2.75) is 13.3 Å². The van der Waals surface area contributed by atoms with Crippen LogP contribution >= 0.6 is 0 Å². The first-order valence-corrected chi connectivity index (χ1v) is 6.93. The highest BCUT2D eigenvalue weighted by atomic mass is 19.1. The number of hydrogen-bond donors (Lipinski definition) is 2. The first-order valence-electron chi connectivity index (χ1n) is 6.93. The van der Waals surface area contributed by atoms with Gasteiger partial charge in [-0.2, -0.15) is 0 Å². The molecule has 1 unspecified atom stereocenters. The first kappa shape index (κ1) is 15.3. The third-order valence-corrected chi connectivity index (χ3v) is 3.33. The minimum atomic E-state index is -0.442. The van der Waals surface area contributed by atoms with Crippen LogP contribution in [0.2, 0.25) is 0 Å². The van der Waals surface area contributed by atoms with Gasteiger partial charge in [0.1, 0.15) is 5.82 Å². The Morgan fingerprint density at radius 2 is 2.10 bits per heavy atom. The Kier molecular flexibility index (Phi) is 5.11. The van der Waals surface area contributed by atoms with Crippen LogP contribution in [0.25, 0.3) is 5.69 Å². The van der Waals surface area contributed by atoms with Gasteiger partial charge in [-0.25, -0.2) is 4.39 Å². The van der Waals surface area contributed by atoms with Crippen molar-refractivity contribution in [2.24, 2.45) is 5.92 Å². The van der Waals surface area contributed by atoms with E-state index in [9.17, 15) is 9.18 Å². The van der Waals surface area contributed by atoms with Crippen molar-refractivity contribution in [3.63, 3.8) is 0 Å². The van der Waals surface area contributed by atoms with Crippen LogP contribution in [0.1, 0.15) is 23.7 Å². The lowest BCUT2D eigenvalue weighted by Crippen LogP contribution is -2.28. The van der Waals surface area contributed by atoms with Gasteiger partial charge in [0.2, 0.25) is 0 Å². The summed E-state index contributed by atoms with van der Waals surface area (Å²) < 4.78 is 15.7. The van der Waals surface area contributed by atoms with Crippen molar-refractivity contribution in [2.75, 3.05) is 13.2 Å². The molecule has 0 saturated carbocycles. The quantitative estimate of drug-likeness (QED) is 0.858. The number of amides is 1. The maximum Gasteiger partial charge on any atom is 0.251 e. The van der Waals surface area contributed by atoms with Crippen molar-refractivity contribution in [3.05, 3.63) is 54.1 Å². The molecule has 21 heavy (non-hydrogen) atoms. The topological polar surface area (TPSA) is 54.3 Å². The summed E-state index contributed by atoms with van der Waals surface area (Å²) in [6.07, 6.45) is 4.12. The SMILES string of the molecule is CC(CCO)CNC(=O)c1ccc(-n2cccc2)c(F)c1. The van der Waals surface area contributed by atoms with Gasteiger partial charge >= 0.3 is 0 Å². The molecule has 1 atom stereocenters. The van der Waals surface area contributed by atoms with Gasteiger partial charge in [0.25, 0.3) is 5.91 Å². The summed E-state index contributed by atoms with van der Waals surface area (Å²) in [4.78, 5) is 12.0. The highest BCUT2D eigenvalue weighted by Crippen LogP contribution is 2.15. The molecule has 0 aliphatic rings. The number of aliphatic hydroxyl groups excluding tert-OH is 1. The minimum Gasteiger partial charge on any atom is -0.396 e. The molecule has 0 aliphatic heterocycles. The third kappa shape index (κ3) is 3.92. The number of hydrogen-bond acceptors (Lipinski definition) is 2. The summed E-state index contributed by atoms with van der Waals surface area (Å²) in [6.45, 7) is 2.49. The molecule has 0 radical (unpaired) electrons. The lowest BCUT2D eigenvalue weighted by atomic mass is 10.1. The van der Waals surface area contributed by atoms with Crippen LogP contribution in [0.5, 0.6) is 0 Å². The number of aliphatic hydroxyl groups is 1. The molecule has 1 aromatic carbocycles. The number of carbonyl (C=O) groups excluding carboxylic acids is 1. The zero-order valence-electron chi connectivity index (χ0n) is 11.9. The summed E-state index contributed by atoms with van der Waals surface area (Å²) in [5, 5.41) is 11.6. The number of nitrogens with zero attached hydrogens (tertiary/aromatic N) is 1. The van der Waals surface area contributed by atoms with Crippen LogP contribution in [-0.4, -0.2) is 28.7 Å². The predicted octanol–water partition coefficient (Wildman–Crippen LogP) is 2.36. The fourth-order valence-corrected chi connectivity index (χ4v) is 2.04. The lowest BCUT2D eigenvalue weighted by Gasteiger charge is -2.12. The van der Waals surface area contributed by atoms with Crippen LogP contribution < -0.4 is 5.32 Å². The van der Waals surface area contributed by atoms with Gasteiger partial charge in [-0.1, -0.05) is 6.92 Å². The van der Waals surface area contributed by atoms with E-state index in [0.29, 0.717) is 24.2 Å². The number of benzene rings is 1. The molecule has 1 amide bonds. The average molecular weight is 290 g/mol. The molecule has 0 bridgehead atoms. The summed E-state index contributed by atoms with van der Waals surface area (Å²) in [5.41, 5.74) is 0.699. The van der Waals surface area contributed by atoms with E-state index >= 15 is 0 Å². The summed E-state index contributed by atoms with van der Waals surface area (Å²) in [7, 11) is 0. The smallest absolute Gasteiger partial charge is 0.251 e. The molecule has 0 spiro atoms. The Hall–Kier alpha value is -2.14. The van der Waals surface area contributed by atoms with Gasteiger partial charge in [0.15, 0.2) is 0 Å². The molecule has 2 rings (SSSR count). The minimum absolute atomic E-state index is 0.0945. The maximum atomic E-state index is 14.1. The van der Waals surface area contributed by atoms with E-state index in [1.165, 1.54) is 6.07 Å². The van der Waals surface area contributed by atoms with E-state index < -0.39 is 5.82 Å². The van der Waals surface area contributed by atoms with Crippen LogP contribution in [-0.2, 0) is 0 Å². The highest BCUT2D eigenvalue weighted by Gasteiger charge is 2.11. The van der Waals surface area contributed by atoms with Gasteiger partial charge in [-0.3, -0.25) is 4.79 Å². The normalized spacial score (nSPS) is 12.1. The van der Waals surface area contributed by atoms with Crippen LogP contribution in [0.4, 0.5) is 4.39 Å².